The highest BCUT2D eigenvalue weighted by atomic mass is 32.2. The number of thioether (sulfide) groups is 1. The number of hydrogen-bond donors (Lipinski definition) is 1. The topological polar surface area (TPSA) is 72.8 Å². The molecule has 0 atom stereocenters. The highest BCUT2D eigenvalue weighted by molar-refractivity contribution is 7.99. The molecule has 150 valence electrons. The molecule has 0 saturated carbocycles. The van der Waals surface area contributed by atoms with Crippen molar-refractivity contribution in [3.63, 3.8) is 0 Å². The SMILES string of the molecule is COc1cccc(C=NNC(=O)CSc2cc(C)c3cc(C)ccc3n2)c1OC. The van der Waals surface area contributed by atoms with Gasteiger partial charge in [0.25, 0.3) is 0 Å². The Morgan fingerprint density at radius 2 is 2.00 bits per heavy atom. The van der Waals surface area contributed by atoms with Crippen LogP contribution in [0.4, 0.5) is 0 Å². The van der Waals surface area contributed by atoms with Crippen LogP contribution in [-0.4, -0.2) is 37.1 Å². The Morgan fingerprint density at radius 3 is 2.76 bits per heavy atom. The Labute approximate surface area is 174 Å². The van der Waals surface area contributed by atoms with Crippen molar-refractivity contribution in [1.29, 1.82) is 0 Å². The maximum Gasteiger partial charge on any atom is 0.250 e. The molecule has 0 unspecified atom stereocenters. The van der Waals surface area contributed by atoms with Gasteiger partial charge in [0.15, 0.2) is 11.5 Å². The van der Waals surface area contributed by atoms with E-state index in [1.54, 1.807) is 20.3 Å². The quantitative estimate of drug-likeness (QED) is 0.361. The van der Waals surface area contributed by atoms with E-state index in [2.05, 4.69) is 35.4 Å². The number of hydrogen-bond acceptors (Lipinski definition) is 6. The van der Waals surface area contributed by atoms with Crippen molar-refractivity contribution in [3.8, 4) is 11.5 Å². The fourth-order valence-electron chi connectivity index (χ4n) is 2.91. The molecule has 2 aromatic carbocycles. The van der Waals surface area contributed by atoms with E-state index in [-0.39, 0.29) is 11.7 Å². The molecule has 3 aromatic rings. The molecule has 0 saturated heterocycles. The number of carbonyl (C=O) groups excluding carboxylic acids is 1. The summed E-state index contributed by atoms with van der Waals surface area (Å²) >= 11 is 1.38. The van der Waals surface area contributed by atoms with Crippen LogP contribution in [0.2, 0.25) is 0 Å². The van der Waals surface area contributed by atoms with E-state index in [0.29, 0.717) is 17.1 Å². The van der Waals surface area contributed by atoms with Crippen molar-refractivity contribution in [1.82, 2.24) is 10.4 Å². The number of hydrazone groups is 1. The lowest BCUT2D eigenvalue weighted by molar-refractivity contribution is -0.118. The maximum atomic E-state index is 12.1. The van der Waals surface area contributed by atoms with Crippen LogP contribution >= 0.6 is 11.8 Å². The Hall–Kier alpha value is -3.06. The van der Waals surface area contributed by atoms with E-state index in [0.717, 1.165) is 21.5 Å². The molecular weight excluding hydrogens is 386 g/mol. The highest BCUT2D eigenvalue weighted by Crippen LogP contribution is 2.29. The van der Waals surface area contributed by atoms with Gasteiger partial charge in [-0.2, -0.15) is 5.10 Å². The molecule has 0 radical (unpaired) electrons. The van der Waals surface area contributed by atoms with Crippen molar-refractivity contribution in [2.24, 2.45) is 5.10 Å². The highest BCUT2D eigenvalue weighted by Gasteiger charge is 2.09. The molecule has 1 N–H and O–H groups in total. The number of amides is 1. The lowest BCUT2D eigenvalue weighted by Crippen LogP contribution is -2.19. The van der Waals surface area contributed by atoms with Crippen LogP contribution < -0.4 is 14.9 Å². The number of aryl methyl sites for hydroxylation is 2. The summed E-state index contributed by atoms with van der Waals surface area (Å²) in [4.78, 5) is 16.8. The first kappa shape index (κ1) is 20.7. The Morgan fingerprint density at radius 1 is 1.17 bits per heavy atom. The predicted molar refractivity (Wildman–Crippen MR) is 117 cm³/mol. The van der Waals surface area contributed by atoms with Gasteiger partial charge in [0.1, 0.15) is 0 Å². The molecule has 0 bridgehead atoms. The lowest BCUT2D eigenvalue weighted by Gasteiger charge is -2.09. The normalized spacial score (nSPS) is 11.0. The molecule has 0 aliphatic rings. The molecule has 1 amide bonds. The standard InChI is InChI=1S/C22H23N3O3S/c1-14-8-9-18-17(10-14)15(2)11-21(24-18)29-13-20(26)25-23-12-16-6-5-7-19(27-3)22(16)28-4/h5-12H,13H2,1-4H3,(H,25,26). The first-order valence-corrected chi connectivity index (χ1v) is 10.0. The smallest absolute Gasteiger partial charge is 0.250 e. The number of carbonyl (C=O) groups is 1. The second-order valence-electron chi connectivity index (χ2n) is 6.46. The number of methoxy groups -OCH3 is 2. The minimum atomic E-state index is -0.212. The molecule has 1 heterocycles. The molecule has 0 aliphatic carbocycles. The molecule has 0 spiro atoms. The third-order valence-electron chi connectivity index (χ3n) is 4.32. The van der Waals surface area contributed by atoms with Crippen LogP contribution in [0.25, 0.3) is 10.9 Å². The second kappa shape index (κ2) is 9.43. The van der Waals surface area contributed by atoms with Gasteiger partial charge in [-0.3, -0.25) is 4.79 Å². The minimum Gasteiger partial charge on any atom is -0.493 e. The molecule has 7 heteroatoms. The van der Waals surface area contributed by atoms with E-state index in [1.165, 1.54) is 23.5 Å². The average Bonchev–Trinajstić information content (AvgIpc) is 2.72. The third-order valence-corrected chi connectivity index (χ3v) is 5.24. The van der Waals surface area contributed by atoms with Crippen molar-refractivity contribution in [3.05, 3.63) is 59.2 Å². The zero-order chi connectivity index (χ0) is 20.8. The maximum absolute atomic E-state index is 12.1. The van der Waals surface area contributed by atoms with Gasteiger partial charge in [-0.15, -0.1) is 0 Å². The number of ether oxygens (including phenoxy) is 2. The lowest BCUT2D eigenvalue weighted by atomic mass is 10.1. The van der Waals surface area contributed by atoms with Crippen LogP contribution in [0.3, 0.4) is 0 Å². The van der Waals surface area contributed by atoms with Crippen molar-refractivity contribution < 1.29 is 14.3 Å². The van der Waals surface area contributed by atoms with Crippen LogP contribution in [0.1, 0.15) is 16.7 Å². The Balaban J connectivity index is 1.61. The summed E-state index contributed by atoms with van der Waals surface area (Å²) in [7, 11) is 3.13. The molecule has 0 aliphatic heterocycles. The van der Waals surface area contributed by atoms with Gasteiger partial charge in [-0.1, -0.05) is 29.5 Å². The van der Waals surface area contributed by atoms with Crippen LogP contribution in [0.5, 0.6) is 11.5 Å². The van der Waals surface area contributed by atoms with E-state index in [1.807, 2.05) is 30.3 Å². The number of para-hydroxylation sites is 1. The summed E-state index contributed by atoms with van der Waals surface area (Å²) in [6.07, 6.45) is 1.53. The third kappa shape index (κ3) is 5.06. The number of aromatic nitrogens is 1. The summed E-state index contributed by atoms with van der Waals surface area (Å²) in [5.74, 6) is 1.17. The van der Waals surface area contributed by atoms with Crippen LogP contribution in [0.15, 0.2) is 52.6 Å². The summed E-state index contributed by atoms with van der Waals surface area (Å²) < 4.78 is 10.6. The van der Waals surface area contributed by atoms with E-state index in [9.17, 15) is 4.79 Å². The Kier molecular flexibility index (Phi) is 6.72. The van der Waals surface area contributed by atoms with Crippen LogP contribution in [-0.2, 0) is 4.79 Å². The number of rotatable bonds is 7. The number of fused-ring (bicyclic) bond motifs is 1. The van der Waals surface area contributed by atoms with Gasteiger partial charge in [0, 0.05) is 10.9 Å². The van der Waals surface area contributed by atoms with Crippen molar-refractivity contribution in [2.75, 3.05) is 20.0 Å². The monoisotopic (exact) mass is 409 g/mol. The fourth-order valence-corrected chi connectivity index (χ4v) is 3.68. The summed E-state index contributed by atoms with van der Waals surface area (Å²) in [6, 6.07) is 13.6. The molecule has 29 heavy (non-hydrogen) atoms. The van der Waals surface area contributed by atoms with Gasteiger partial charge < -0.3 is 9.47 Å². The largest absolute Gasteiger partial charge is 0.493 e. The van der Waals surface area contributed by atoms with Crippen molar-refractivity contribution in [2.45, 2.75) is 18.9 Å². The number of nitrogens with zero attached hydrogens (tertiary/aromatic N) is 2. The minimum absolute atomic E-state index is 0.212. The van der Waals surface area contributed by atoms with Gasteiger partial charge in [0.2, 0.25) is 5.91 Å². The molecule has 1 aromatic heterocycles. The zero-order valence-corrected chi connectivity index (χ0v) is 17.7. The predicted octanol–water partition coefficient (Wildman–Crippen LogP) is 4.11. The number of benzene rings is 2. The van der Waals surface area contributed by atoms with Crippen molar-refractivity contribution >= 4 is 34.8 Å². The summed E-state index contributed by atoms with van der Waals surface area (Å²) in [6.45, 7) is 4.12. The number of pyridine rings is 1. The van der Waals surface area contributed by atoms with Gasteiger partial charge >= 0.3 is 0 Å². The number of nitrogens with one attached hydrogen (secondary N) is 1. The first-order chi connectivity index (χ1) is 14.0. The van der Waals surface area contributed by atoms with E-state index < -0.39 is 0 Å². The molecule has 6 nitrogen and oxygen atoms in total. The summed E-state index contributed by atoms with van der Waals surface area (Å²) in [5.41, 5.74) is 6.52. The van der Waals surface area contributed by atoms with Gasteiger partial charge in [-0.05, 0) is 49.7 Å². The average molecular weight is 410 g/mol. The fraction of sp³-hybridized carbons (Fsp3) is 0.227. The zero-order valence-electron chi connectivity index (χ0n) is 16.9. The van der Waals surface area contributed by atoms with Gasteiger partial charge in [-0.25, -0.2) is 10.4 Å². The molecule has 0 fully saturated rings. The molecule has 3 rings (SSSR count). The molecular formula is C22H23N3O3S. The Bertz CT molecular complexity index is 1070. The van der Waals surface area contributed by atoms with E-state index in [4.69, 9.17) is 9.47 Å². The summed E-state index contributed by atoms with van der Waals surface area (Å²) in [5, 5.41) is 5.97. The second-order valence-corrected chi connectivity index (χ2v) is 7.46. The van der Waals surface area contributed by atoms with E-state index >= 15 is 0 Å². The van der Waals surface area contributed by atoms with Gasteiger partial charge in [0.05, 0.1) is 36.7 Å². The van der Waals surface area contributed by atoms with Crippen LogP contribution in [0, 0.1) is 13.8 Å². The first-order valence-electron chi connectivity index (χ1n) is 9.05.